The number of nitrogens with zero attached hydrogens (tertiary/aromatic N) is 1. The number of hydrogen-bond donors (Lipinski definition) is 1. The molecule has 2 aliphatic rings. The maximum absolute atomic E-state index is 13.8. The Kier molecular flexibility index (Phi) is 7.70. The molecular formula is C27H33FN2O4. The zero-order chi connectivity index (χ0) is 24.0. The fourth-order valence-corrected chi connectivity index (χ4v) is 5.02. The molecule has 0 aromatic heterocycles. The molecule has 34 heavy (non-hydrogen) atoms. The lowest BCUT2D eigenvalue weighted by Crippen LogP contribution is -2.46. The fourth-order valence-electron chi connectivity index (χ4n) is 5.02. The number of hydrogen-bond acceptors (Lipinski definition) is 4. The van der Waals surface area contributed by atoms with Crippen LogP contribution in [-0.4, -0.2) is 49.1 Å². The molecule has 1 N–H and O–H groups in total. The van der Waals surface area contributed by atoms with Crippen LogP contribution < -0.4 is 14.8 Å². The van der Waals surface area contributed by atoms with Gasteiger partial charge in [-0.1, -0.05) is 24.3 Å². The van der Waals surface area contributed by atoms with Crippen molar-refractivity contribution >= 4 is 11.8 Å². The first-order valence-corrected chi connectivity index (χ1v) is 12.1. The van der Waals surface area contributed by atoms with Crippen LogP contribution in [0.2, 0.25) is 0 Å². The van der Waals surface area contributed by atoms with Crippen LogP contribution in [0.1, 0.15) is 44.1 Å². The fraction of sp³-hybridized carbons (Fsp3) is 0.481. The summed E-state index contributed by atoms with van der Waals surface area (Å²) in [5.74, 6) is 1.00. The van der Waals surface area contributed by atoms with Crippen molar-refractivity contribution in [2.24, 2.45) is 5.92 Å². The van der Waals surface area contributed by atoms with Crippen LogP contribution in [-0.2, 0) is 16.0 Å². The molecule has 182 valence electrons. The number of amides is 2. The molecule has 0 bridgehead atoms. The summed E-state index contributed by atoms with van der Waals surface area (Å²) in [7, 11) is 1.64. The molecule has 2 aromatic carbocycles. The number of methoxy groups -OCH3 is 1. The first-order valence-electron chi connectivity index (χ1n) is 12.1. The van der Waals surface area contributed by atoms with E-state index in [4.69, 9.17) is 9.47 Å². The van der Waals surface area contributed by atoms with Gasteiger partial charge in [0.1, 0.15) is 5.75 Å². The van der Waals surface area contributed by atoms with Gasteiger partial charge in [0, 0.05) is 37.4 Å². The molecule has 2 aromatic rings. The highest BCUT2D eigenvalue weighted by Gasteiger charge is 2.38. The van der Waals surface area contributed by atoms with Crippen molar-refractivity contribution < 1.29 is 23.5 Å². The average molecular weight is 469 g/mol. The third-order valence-electron chi connectivity index (χ3n) is 6.94. The summed E-state index contributed by atoms with van der Waals surface area (Å²) in [5, 5.41) is 3.16. The Labute approximate surface area is 200 Å². The average Bonchev–Trinajstić information content (AvgIpc) is 3.23. The SMILES string of the molecule is COc1ccc(CC2(CCC(=O)N3CCCC(COc4ccccc4F)C3)CCC(=O)N2)cc1. The Morgan fingerprint density at radius 1 is 1.21 bits per heavy atom. The van der Waals surface area contributed by atoms with Gasteiger partial charge in [-0.3, -0.25) is 9.59 Å². The summed E-state index contributed by atoms with van der Waals surface area (Å²) in [6.07, 6.45) is 4.76. The van der Waals surface area contributed by atoms with E-state index >= 15 is 0 Å². The number of benzene rings is 2. The Bertz CT molecular complexity index is 996. The number of rotatable bonds is 9. The molecule has 2 atom stereocenters. The van der Waals surface area contributed by atoms with E-state index in [1.807, 2.05) is 29.2 Å². The first-order chi connectivity index (χ1) is 16.5. The standard InChI is InChI=1S/C27H33FN2O4/c1-33-22-10-8-20(9-11-22)17-27(14-12-25(31)29-27)15-13-26(32)30-16-4-5-21(18-30)19-34-24-7-3-2-6-23(24)28/h2-3,6-11,21H,4-5,12-19H2,1H3,(H,29,31). The van der Waals surface area contributed by atoms with E-state index in [0.29, 0.717) is 38.8 Å². The summed E-state index contributed by atoms with van der Waals surface area (Å²) >= 11 is 0. The van der Waals surface area contributed by atoms with Crippen LogP contribution in [0, 0.1) is 11.7 Å². The molecular weight excluding hydrogens is 435 g/mol. The van der Waals surface area contributed by atoms with Crippen LogP contribution in [0.3, 0.4) is 0 Å². The van der Waals surface area contributed by atoms with Gasteiger partial charge in [0.25, 0.3) is 0 Å². The van der Waals surface area contributed by atoms with E-state index in [2.05, 4.69) is 5.32 Å². The summed E-state index contributed by atoms with van der Waals surface area (Å²) < 4.78 is 24.8. The Balaban J connectivity index is 1.32. The summed E-state index contributed by atoms with van der Waals surface area (Å²) in [4.78, 5) is 27.1. The highest BCUT2D eigenvalue weighted by molar-refractivity contribution is 5.80. The molecule has 2 saturated heterocycles. The van der Waals surface area contributed by atoms with Gasteiger partial charge >= 0.3 is 0 Å². The van der Waals surface area contributed by atoms with E-state index in [9.17, 15) is 14.0 Å². The van der Waals surface area contributed by atoms with Crippen molar-refractivity contribution in [3.05, 3.63) is 59.9 Å². The number of carbonyl (C=O) groups excluding carboxylic acids is 2. The van der Waals surface area contributed by atoms with Crippen molar-refractivity contribution in [2.75, 3.05) is 26.8 Å². The van der Waals surface area contributed by atoms with E-state index in [1.54, 1.807) is 25.3 Å². The lowest BCUT2D eigenvalue weighted by molar-refractivity contribution is -0.134. The Hall–Kier alpha value is -3.09. The summed E-state index contributed by atoms with van der Waals surface area (Å²) in [6, 6.07) is 14.3. The van der Waals surface area contributed by atoms with Gasteiger partial charge in [0.05, 0.1) is 13.7 Å². The molecule has 2 fully saturated rings. The zero-order valence-corrected chi connectivity index (χ0v) is 19.7. The number of likely N-dealkylation sites (tertiary alicyclic amines) is 1. The number of ether oxygens (including phenoxy) is 2. The van der Waals surface area contributed by atoms with Gasteiger partial charge < -0.3 is 19.7 Å². The maximum atomic E-state index is 13.8. The number of piperidine rings is 1. The third-order valence-corrected chi connectivity index (χ3v) is 6.94. The molecule has 0 aliphatic carbocycles. The minimum atomic E-state index is -0.398. The highest BCUT2D eigenvalue weighted by Crippen LogP contribution is 2.31. The lowest BCUT2D eigenvalue weighted by Gasteiger charge is -2.34. The normalized spacial score (nSPS) is 22.4. The highest BCUT2D eigenvalue weighted by atomic mass is 19.1. The lowest BCUT2D eigenvalue weighted by atomic mass is 9.84. The third kappa shape index (κ3) is 6.07. The molecule has 4 rings (SSSR count). The molecule has 2 unspecified atom stereocenters. The summed E-state index contributed by atoms with van der Waals surface area (Å²) in [5.41, 5.74) is 0.712. The summed E-state index contributed by atoms with van der Waals surface area (Å²) in [6.45, 7) is 1.74. The van der Waals surface area contributed by atoms with E-state index < -0.39 is 5.54 Å². The minimum Gasteiger partial charge on any atom is -0.497 e. The van der Waals surface area contributed by atoms with Gasteiger partial charge in [-0.2, -0.15) is 0 Å². The smallest absolute Gasteiger partial charge is 0.222 e. The van der Waals surface area contributed by atoms with Gasteiger partial charge in [-0.25, -0.2) is 4.39 Å². The zero-order valence-electron chi connectivity index (χ0n) is 19.7. The first kappa shape index (κ1) is 24.0. The second-order valence-electron chi connectivity index (χ2n) is 9.44. The molecule has 0 radical (unpaired) electrons. The topological polar surface area (TPSA) is 67.9 Å². The van der Waals surface area contributed by atoms with Crippen molar-refractivity contribution in [3.8, 4) is 11.5 Å². The minimum absolute atomic E-state index is 0.0456. The van der Waals surface area contributed by atoms with Crippen molar-refractivity contribution in [1.29, 1.82) is 0 Å². The number of para-hydroxylation sites is 1. The largest absolute Gasteiger partial charge is 0.497 e. The van der Waals surface area contributed by atoms with Crippen molar-refractivity contribution in [3.63, 3.8) is 0 Å². The number of halogens is 1. The van der Waals surface area contributed by atoms with E-state index in [1.165, 1.54) is 6.07 Å². The van der Waals surface area contributed by atoms with E-state index in [-0.39, 0.29) is 29.3 Å². The number of nitrogens with one attached hydrogen (secondary N) is 1. The van der Waals surface area contributed by atoms with Gasteiger partial charge in [0.15, 0.2) is 11.6 Å². The Morgan fingerprint density at radius 3 is 2.71 bits per heavy atom. The predicted octanol–water partition coefficient (Wildman–Crippen LogP) is 4.12. The van der Waals surface area contributed by atoms with Crippen LogP contribution in [0.15, 0.2) is 48.5 Å². The molecule has 2 heterocycles. The second-order valence-corrected chi connectivity index (χ2v) is 9.44. The molecule has 7 heteroatoms. The predicted molar refractivity (Wildman–Crippen MR) is 127 cm³/mol. The van der Waals surface area contributed by atoms with Crippen molar-refractivity contribution in [2.45, 2.75) is 50.5 Å². The van der Waals surface area contributed by atoms with Gasteiger partial charge in [-0.05, 0) is 61.9 Å². The van der Waals surface area contributed by atoms with Crippen LogP contribution >= 0.6 is 0 Å². The van der Waals surface area contributed by atoms with Crippen LogP contribution in [0.4, 0.5) is 4.39 Å². The molecule has 0 saturated carbocycles. The van der Waals surface area contributed by atoms with E-state index in [0.717, 1.165) is 37.1 Å². The molecule has 6 nitrogen and oxygen atoms in total. The molecule has 2 amide bonds. The van der Waals surface area contributed by atoms with Crippen molar-refractivity contribution in [1.82, 2.24) is 10.2 Å². The van der Waals surface area contributed by atoms with Gasteiger partial charge in [0.2, 0.25) is 11.8 Å². The number of carbonyl (C=O) groups is 2. The molecule has 2 aliphatic heterocycles. The van der Waals surface area contributed by atoms with Crippen LogP contribution in [0.25, 0.3) is 0 Å². The van der Waals surface area contributed by atoms with Gasteiger partial charge in [-0.15, -0.1) is 0 Å². The molecule has 0 spiro atoms. The quantitative estimate of drug-likeness (QED) is 0.601. The maximum Gasteiger partial charge on any atom is 0.222 e. The Morgan fingerprint density at radius 2 is 2.00 bits per heavy atom. The van der Waals surface area contributed by atoms with Crippen LogP contribution in [0.5, 0.6) is 11.5 Å². The monoisotopic (exact) mass is 468 g/mol. The second kappa shape index (κ2) is 10.9.